The second-order valence-electron chi connectivity index (χ2n) is 9.27. The molecule has 0 atom stereocenters. The third-order valence-electron chi connectivity index (χ3n) is 7.11. The van der Waals surface area contributed by atoms with E-state index in [1.165, 1.54) is 0 Å². The minimum Gasteiger partial charge on any atom is -0.497 e. The first kappa shape index (κ1) is 23.7. The number of ether oxygens (including phenoxy) is 1. The number of ketones is 2. The highest BCUT2D eigenvalue weighted by molar-refractivity contribution is 6.41. The number of hydrogen-bond donors (Lipinski definition) is 0. The van der Waals surface area contributed by atoms with Crippen LogP contribution in [0.2, 0.25) is 0 Å². The van der Waals surface area contributed by atoms with Gasteiger partial charge in [-0.2, -0.15) is 4.98 Å². The lowest BCUT2D eigenvalue weighted by Crippen LogP contribution is -2.03. The molecular weight excluding hydrogens is 476 g/mol. The first-order valence-electron chi connectivity index (χ1n) is 12.7. The molecular formula is C32H26N2O4. The molecule has 2 aromatic heterocycles. The number of carbonyl (C=O) groups is 2. The van der Waals surface area contributed by atoms with Crippen molar-refractivity contribution in [1.29, 1.82) is 0 Å². The number of nitrogens with zero attached hydrogens (tertiary/aromatic N) is 2. The van der Waals surface area contributed by atoms with Crippen molar-refractivity contribution in [3.8, 4) is 22.9 Å². The minimum atomic E-state index is -0.244. The fraction of sp³-hybridized carbons (Fsp3) is 0.156. The molecule has 0 bridgehead atoms. The summed E-state index contributed by atoms with van der Waals surface area (Å²) in [4.78, 5) is 31.6. The second kappa shape index (κ2) is 9.30. The van der Waals surface area contributed by atoms with E-state index in [0.717, 1.165) is 41.0 Å². The van der Waals surface area contributed by atoms with Crippen LogP contribution in [0.4, 0.5) is 0 Å². The molecule has 5 aromatic rings. The number of carbonyl (C=O) groups excluding carboxylic acids is 2. The van der Waals surface area contributed by atoms with E-state index in [-0.39, 0.29) is 17.1 Å². The first-order valence-corrected chi connectivity index (χ1v) is 12.7. The second-order valence-corrected chi connectivity index (χ2v) is 9.27. The van der Waals surface area contributed by atoms with Gasteiger partial charge in [-0.3, -0.25) is 14.2 Å². The number of aryl methyl sites for hydroxylation is 2. The maximum Gasteiger partial charge on any atom is 0.228 e. The average Bonchev–Trinajstić information content (AvgIpc) is 3.58. The van der Waals surface area contributed by atoms with Crippen LogP contribution < -0.4 is 4.74 Å². The van der Waals surface area contributed by atoms with E-state index in [1.54, 1.807) is 13.2 Å². The Morgan fingerprint density at radius 1 is 0.868 bits per heavy atom. The third kappa shape index (κ3) is 3.77. The Balaban J connectivity index is 1.49. The van der Waals surface area contributed by atoms with Crippen molar-refractivity contribution in [2.75, 3.05) is 7.11 Å². The molecule has 0 aliphatic heterocycles. The lowest BCUT2D eigenvalue weighted by atomic mass is 9.96. The van der Waals surface area contributed by atoms with Crippen LogP contribution in [0.5, 0.6) is 5.75 Å². The minimum absolute atomic E-state index is 0.156. The van der Waals surface area contributed by atoms with Crippen LogP contribution >= 0.6 is 0 Å². The average molecular weight is 503 g/mol. The SMILES string of the molecule is CCc1cc2c(cc1CC)C(=O)C(=Cc1cc3oc(-c4ccc(OC)cc4)nc3n1-c1ccccc1)C2=O. The standard InChI is InChI=1S/C32H26N2O4/c1-4-19-15-25-26(16-20(19)5-2)30(36)27(29(25)35)17-23-18-28-31(34(23)22-9-7-6-8-10-22)33-32(38-28)21-11-13-24(37-3)14-12-21/h6-18H,4-5H2,1-3H3. The zero-order chi connectivity index (χ0) is 26.4. The van der Waals surface area contributed by atoms with Gasteiger partial charge in [-0.25, -0.2) is 0 Å². The fourth-order valence-corrected chi connectivity index (χ4v) is 5.11. The highest BCUT2D eigenvalue weighted by Gasteiger charge is 2.34. The molecule has 6 nitrogen and oxygen atoms in total. The van der Waals surface area contributed by atoms with Crippen molar-refractivity contribution in [2.45, 2.75) is 26.7 Å². The molecule has 188 valence electrons. The molecule has 0 N–H and O–H groups in total. The van der Waals surface area contributed by atoms with E-state index < -0.39 is 0 Å². The smallest absolute Gasteiger partial charge is 0.228 e. The Hall–Kier alpha value is -4.71. The summed E-state index contributed by atoms with van der Waals surface area (Å²) in [7, 11) is 1.62. The highest BCUT2D eigenvalue weighted by atomic mass is 16.5. The van der Waals surface area contributed by atoms with Gasteiger partial charge in [0.15, 0.2) is 22.8 Å². The Morgan fingerprint density at radius 2 is 1.50 bits per heavy atom. The van der Waals surface area contributed by atoms with Gasteiger partial charge in [0, 0.05) is 28.4 Å². The summed E-state index contributed by atoms with van der Waals surface area (Å²) in [6.45, 7) is 4.13. The molecule has 38 heavy (non-hydrogen) atoms. The molecule has 0 unspecified atom stereocenters. The zero-order valence-corrected chi connectivity index (χ0v) is 21.4. The lowest BCUT2D eigenvalue weighted by Gasteiger charge is -2.07. The molecule has 0 saturated carbocycles. The van der Waals surface area contributed by atoms with Crippen LogP contribution in [-0.2, 0) is 12.8 Å². The van der Waals surface area contributed by atoms with E-state index in [2.05, 4.69) is 13.8 Å². The maximum atomic E-state index is 13.4. The van der Waals surface area contributed by atoms with Gasteiger partial charge in [-0.15, -0.1) is 0 Å². The monoisotopic (exact) mass is 502 g/mol. The van der Waals surface area contributed by atoms with Crippen LogP contribution in [0, 0.1) is 0 Å². The van der Waals surface area contributed by atoms with Gasteiger partial charge in [-0.05, 0) is 78.6 Å². The summed E-state index contributed by atoms with van der Waals surface area (Å²) in [5.41, 5.74) is 6.81. The number of para-hydroxylation sites is 1. The number of allylic oxidation sites excluding steroid dienone is 1. The van der Waals surface area contributed by atoms with Gasteiger partial charge in [0.2, 0.25) is 5.89 Å². The predicted octanol–water partition coefficient (Wildman–Crippen LogP) is 6.88. The quantitative estimate of drug-likeness (QED) is 0.187. The Bertz CT molecular complexity index is 1690. The third-order valence-corrected chi connectivity index (χ3v) is 7.11. The molecule has 6 rings (SSSR count). The van der Waals surface area contributed by atoms with Crippen LogP contribution in [-0.4, -0.2) is 28.2 Å². The number of rotatable bonds is 6. The molecule has 2 heterocycles. The number of fused-ring (bicyclic) bond motifs is 2. The normalized spacial score (nSPS) is 12.9. The summed E-state index contributed by atoms with van der Waals surface area (Å²) in [6.07, 6.45) is 3.29. The van der Waals surface area contributed by atoms with Crippen LogP contribution in [0.25, 0.3) is 34.4 Å². The molecule has 0 radical (unpaired) electrons. The number of methoxy groups -OCH3 is 1. The number of Topliss-reactive ketones (excluding diaryl/α,β-unsaturated/α-hetero) is 2. The fourth-order valence-electron chi connectivity index (χ4n) is 5.11. The molecule has 3 aromatic carbocycles. The summed E-state index contributed by atoms with van der Waals surface area (Å²) >= 11 is 0. The van der Waals surface area contributed by atoms with Crippen molar-refractivity contribution >= 4 is 28.9 Å². The number of hydrogen-bond acceptors (Lipinski definition) is 5. The van der Waals surface area contributed by atoms with E-state index in [4.69, 9.17) is 14.1 Å². The highest BCUT2D eigenvalue weighted by Crippen LogP contribution is 2.34. The Morgan fingerprint density at radius 3 is 2.08 bits per heavy atom. The van der Waals surface area contributed by atoms with Gasteiger partial charge in [0.05, 0.1) is 18.4 Å². The number of oxazole rings is 1. The molecule has 0 spiro atoms. The Labute approximate surface area is 220 Å². The first-order chi connectivity index (χ1) is 18.5. The molecule has 1 aliphatic rings. The zero-order valence-electron chi connectivity index (χ0n) is 21.4. The number of aromatic nitrogens is 2. The van der Waals surface area contributed by atoms with Gasteiger partial charge in [0.25, 0.3) is 0 Å². The largest absolute Gasteiger partial charge is 0.497 e. The van der Waals surface area contributed by atoms with Crippen molar-refractivity contribution in [2.24, 2.45) is 0 Å². The van der Waals surface area contributed by atoms with Gasteiger partial charge in [-0.1, -0.05) is 32.0 Å². The van der Waals surface area contributed by atoms with Crippen LogP contribution in [0.15, 0.2) is 82.8 Å². The van der Waals surface area contributed by atoms with Gasteiger partial charge >= 0.3 is 0 Å². The summed E-state index contributed by atoms with van der Waals surface area (Å²) in [6, 6.07) is 22.8. The number of benzene rings is 3. The topological polar surface area (TPSA) is 74.3 Å². The van der Waals surface area contributed by atoms with E-state index in [9.17, 15) is 9.59 Å². The van der Waals surface area contributed by atoms with Crippen molar-refractivity contribution in [3.63, 3.8) is 0 Å². The lowest BCUT2D eigenvalue weighted by molar-refractivity contribution is 0.0990. The van der Waals surface area contributed by atoms with Crippen molar-refractivity contribution < 1.29 is 18.7 Å². The van der Waals surface area contributed by atoms with Crippen LogP contribution in [0.3, 0.4) is 0 Å². The molecule has 6 heteroatoms. The van der Waals surface area contributed by atoms with E-state index >= 15 is 0 Å². The van der Waals surface area contributed by atoms with Gasteiger partial charge in [0.1, 0.15) is 5.75 Å². The molecule has 0 amide bonds. The summed E-state index contributed by atoms with van der Waals surface area (Å²) in [5.74, 6) is 0.732. The molecule has 1 aliphatic carbocycles. The summed E-state index contributed by atoms with van der Waals surface area (Å²) < 4.78 is 13.3. The van der Waals surface area contributed by atoms with Crippen LogP contribution in [0.1, 0.15) is 51.4 Å². The predicted molar refractivity (Wildman–Crippen MR) is 147 cm³/mol. The van der Waals surface area contributed by atoms with E-state index in [0.29, 0.717) is 33.9 Å². The maximum absolute atomic E-state index is 13.4. The molecule has 0 saturated heterocycles. The molecule has 0 fully saturated rings. The summed E-state index contributed by atoms with van der Waals surface area (Å²) in [5, 5.41) is 0. The van der Waals surface area contributed by atoms with Crippen molar-refractivity contribution in [3.05, 3.63) is 106 Å². The Kier molecular flexibility index (Phi) is 5.80. The van der Waals surface area contributed by atoms with Gasteiger partial charge < -0.3 is 9.15 Å². The van der Waals surface area contributed by atoms with Crippen molar-refractivity contribution in [1.82, 2.24) is 9.55 Å². The van der Waals surface area contributed by atoms with E-state index in [1.807, 2.05) is 77.4 Å².